The number of nitrogens with one attached hydrogen (secondary N) is 2. The number of aliphatic imine (C=N–C) groups is 1. The molecule has 0 aliphatic heterocycles. The van der Waals surface area contributed by atoms with E-state index in [1.165, 1.54) is 5.56 Å². The SMILES string of the molecule is CCNC(=NCC(C)c1ccsc1)NCC(O)c1ccc(OC)cc1. The van der Waals surface area contributed by atoms with Crippen LogP contribution in [0.4, 0.5) is 0 Å². The minimum atomic E-state index is -0.607. The van der Waals surface area contributed by atoms with Crippen LogP contribution in [-0.2, 0) is 0 Å². The number of ether oxygens (including phenoxy) is 1. The van der Waals surface area contributed by atoms with Crippen LogP contribution in [0.3, 0.4) is 0 Å². The third kappa shape index (κ3) is 6.07. The number of rotatable bonds is 8. The molecule has 0 aliphatic rings. The number of aliphatic hydroxyl groups is 1. The topological polar surface area (TPSA) is 65.9 Å². The highest BCUT2D eigenvalue weighted by Gasteiger charge is 2.10. The average molecular weight is 362 g/mol. The summed E-state index contributed by atoms with van der Waals surface area (Å²) in [6.07, 6.45) is -0.607. The molecular weight excluding hydrogens is 334 g/mol. The van der Waals surface area contributed by atoms with E-state index in [1.54, 1.807) is 18.4 Å². The summed E-state index contributed by atoms with van der Waals surface area (Å²) in [4.78, 5) is 4.63. The fraction of sp³-hybridized carbons (Fsp3) is 0.421. The maximum Gasteiger partial charge on any atom is 0.191 e. The largest absolute Gasteiger partial charge is 0.497 e. The van der Waals surface area contributed by atoms with Crippen LogP contribution >= 0.6 is 11.3 Å². The van der Waals surface area contributed by atoms with Gasteiger partial charge in [0, 0.05) is 25.6 Å². The smallest absolute Gasteiger partial charge is 0.191 e. The molecule has 2 aromatic rings. The minimum Gasteiger partial charge on any atom is -0.497 e. The zero-order valence-electron chi connectivity index (χ0n) is 15.0. The molecule has 2 atom stereocenters. The average Bonchev–Trinajstić information content (AvgIpc) is 3.18. The first kappa shape index (κ1) is 19.3. The van der Waals surface area contributed by atoms with Crippen molar-refractivity contribution in [1.29, 1.82) is 0 Å². The van der Waals surface area contributed by atoms with Gasteiger partial charge in [-0.05, 0) is 47.0 Å². The molecule has 0 saturated heterocycles. The number of nitrogens with zero attached hydrogens (tertiary/aromatic N) is 1. The Morgan fingerprint density at radius 2 is 1.96 bits per heavy atom. The van der Waals surface area contributed by atoms with Crippen LogP contribution in [0.1, 0.15) is 37.0 Å². The lowest BCUT2D eigenvalue weighted by atomic mass is 10.1. The van der Waals surface area contributed by atoms with E-state index < -0.39 is 6.10 Å². The second-order valence-corrected chi connectivity index (χ2v) is 6.63. The summed E-state index contributed by atoms with van der Waals surface area (Å²) < 4.78 is 5.14. The van der Waals surface area contributed by atoms with Crippen LogP contribution in [0, 0.1) is 0 Å². The number of hydrogen-bond acceptors (Lipinski definition) is 4. The molecule has 1 aromatic heterocycles. The van der Waals surface area contributed by atoms with Crippen LogP contribution in [0.15, 0.2) is 46.1 Å². The molecule has 5 nitrogen and oxygen atoms in total. The summed E-state index contributed by atoms with van der Waals surface area (Å²) in [6.45, 7) is 6.06. The maximum atomic E-state index is 10.3. The van der Waals surface area contributed by atoms with Gasteiger partial charge in [-0.3, -0.25) is 4.99 Å². The van der Waals surface area contributed by atoms with E-state index >= 15 is 0 Å². The lowest BCUT2D eigenvalue weighted by molar-refractivity contribution is 0.180. The molecule has 0 spiro atoms. The minimum absolute atomic E-state index is 0.369. The number of methoxy groups -OCH3 is 1. The number of benzene rings is 1. The summed E-state index contributed by atoms with van der Waals surface area (Å²) in [7, 11) is 1.63. The van der Waals surface area contributed by atoms with Crippen molar-refractivity contribution in [3.63, 3.8) is 0 Å². The van der Waals surface area contributed by atoms with Crippen molar-refractivity contribution in [1.82, 2.24) is 10.6 Å². The zero-order valence-corrected chi connectivity index (χ0v) is 15.8. The number of aliphatic hydroxyl groups excluding tert-OH is 1. The van der Waals surface area contributed by atoms with E-state index in [0.717, 1.165) is 23.8 Å². The molecular formula is C19H27N3O2S. The summed E-state index contributed by atoms with van der Waals surface area (Å²) in [5, 5.41) is 21.0. The number of thiophene rings is 1. The molecule has 1 aromatic carbocycles. The van der Waals surface area contributed by atoms with E-state index in [0.29, 0.717) is 19.0 Å². The van der Waals surface area contributed by atoms with Gasteiger partial charge >= 0.3 is 0 Å². The predicted molar refractivity (Wildman–Crippen MR) is 105 cm³/mol. The first-order valence-electron chi connectivity index (χ1n) is 8.50. The van der Waals surface area contributed by atoms with Crippen molar-refractivity contribution in [2.45, 2.75) is 25.9 Å². The monoisotopic (exact) mass is 361 g/mol. The molecule has 3 N–H and O–H groups in total. The normalized spacial score (nSPS) is 14.0. The van der Waals surface area contributed by atoms with Crippen molar-refractivity contribution in [3.8, 4) is 5.75 Å². The van der Waals surface area contributed by atoms with Crippen molar-refractivity contribution in [2.24, 2.45) is 4.99 Å². The van der Waals surface area contributed by atoms with E-state index in [1.807, 2.05) is 31.2 Å². The number of hydrogen-bond donors (Lipinski definition) is 3. The molecule has 0 amide bonds. The Morgan fingerprint density at radius 3 is 2.56 bits per heavy atom. The highest BCUT2D eigenvalue weighted by molar-refractivity contribution is 7.07. The van der Waals surface area contributed by atoms with Gasteiger partial charge in [-0.1, -0.05) is 19.1 Å². The molecule has 0 radical (unpaired) electrons. The van der Waals surface area contributed by atoms with Gasteiger partial charge in [0.05, 0.1) is 13.2 Å². The van der Waals surface area contributed by atoms with Gasteiger partial charge in [-0.25, -0.2) is 0 Å². The molecule has 2 unspecified atom stereocenters. The Balaban J connectivity index is 1.90. The van der Waals surface area contributed by atoms with Crippen LogP contribution in [0.5, 0.6) is 5.75 Å². The molecule has 2 rings (SSSR count). The summed E-state index contributed by atoms with van der Waals surface area (Å²) >= 11 is 1.71. The second kappa shape index (κ2) is 10.1. The Morgan fingerprint density at radius 1 is 1.20 bits per heavy atom. The third-order valence-corrected chi connectivity index (χ3v) is 4.64. The molecule has 136 valence electrons. The van der Waals surface area contributed by atoms with Crippen molar-refractivity contribution in [2.75, 3.05) is 26.7 Å². The quantitative estimate of drug-likeness (QED) is 0.499. The Kier molecular flexibility index (Phi) is 7.76. The van der Waals surface area contributed by atoms with Gasteiger partial charge in [0.25, 0.3) is 0 Å². The highest BCUT2D eigenvalue weighted by Crippen LogP contribution is 2.18. The Hall–Kier alpha value is -2.05. The van der Waals surface area contributed by atoms with Crippen LogP contribution in [0.2, 0.25) is 0 Å². The van der Waals surface area contributed by atoms with Crippen LogP contribution in [-0.4, -0.2) is 37.8 Å². The van der Waals surface area contributed by atoms with Gasteiger partial charge in [0.15, 0.2) is 5.96 Å². The molecule has 0 aliphatic carbocycles. The van der Waals surface area contributed by atoms with Gasteiger partial charge in [-0.15, -0.1) is 0 Å². The summed E-state index contributed by atoms with van der Waals surface area (Å²) in [5.41, 5.74) is 2.15. The molecule has 6 heteroatoms. The molecule has 0 bridgehead atoms. The van der Waals surface area contributed by atoms with Gasteiger partial charge < -0.3 is 20.5 Å². The Bertz CT molecular complexity index is 641. The fourth-order valence-electron chi connectivity index (χ4n) is 2.37. The summed E-state index contributed by atoms with van der Waals surface area (Å²) in [5.74, 6) is 1.87. The fourth-order valence-corrected chi connectivity index (χ4v) is 3.15. The van der Waals surface area contributed by atoms with Crippen molar-refractivity contribution >= 4 is 17.3 Å². The number of guanidine groups is 1. The lowest BCUT2D eigenvalue weighted by Crippen LogP contribution is -2.39. The van der Waals surface area contributed by atoms with Crippen LogP contribution in [0.25, 0.3) is 0 Å². The van der Waals surface area contributed by atoms with Gasteiger partial charge in [-0.2, -0.15) is 11.3 Å². The van der Waals surface area contributed by atoms with E-state index in [9.17, 15) is 5.11 Å². The van der Waals surface area contributed by atoms with E-state index in [4.69, 9.17) is 4.74 Å². The molecule has 0 saturated carbocycles. The molecule has 25 heavy (non-hydrogen) atoms. The third-order valence-electron chi connectivity index (χ3n) is 3.94. The standard InChI is InChI=1S/C19H27N3O2S/c1-4-20-19(21-11-14(2)16-9-10-25-13-16)22-12-18(23)15-5-7-17(24-3)8-6-15/h5-10,13-14,18,23H,4,11-12H2,1-3H3,(H2,20,21,22). The maximum absolute atomic E-state index is 10.3. The first-order chi connectivity index (χ1) is 12.1. The van der Waals surface area contributed by atoms with E-state index in [2.05, 4.69) is 39.4 Å². The van der Waals surface area contributed by atoms with Gasteiger partial charge in [0.1, 0.15) is 5.75 Å². The predicted octanol–water partition coefficient (Wildman–Crippen LogP) is 3.15. The van der Waals surface area contributed by atoms with Crippen LogP contribution < -0.4 is 15.4 Å². The first-order valence-corrected chi connectivity index (χ1v) is 9.44. The Labute approximate surface area is 153 Å². The highest BCUT2D eigenvalue weighted by atomic mass is 32.1. The van der Waals surface area contributed by atoms with Crippen molar-refractivity contribution in [3.05, 3.63) is 52.2 Å². The lowest BCUT2D eigenvalue weighted by Gasteiger charge is -2.16. The zero-order chi connectivity index (χ0) is 18.1. The second-order valence-electron chi connectivity index (χ2n) is 5.85. The summed E-state index contributed by atoms with van der Waals surface area (Å²) in [6, 6.07) is 9.57. The molecule has 0 fully saturated rings. The van der Waals surface area contributed by atoms with Crippen molar-refractivity contribution < 1.29 is 9.84 Å². The van der Waals surface area contributed by atoms with Gasteiger partial charge in [0.2, 0.25) is 0 Å². The molecule has 1 heterocycles. The van der Waals surface area contributed by atoms with E-state index in [-0.39, 0.29) is 0 Å².